The highest BCUT2D eigenvalue weighted by atomic mass is 32.2. The first-order valence-corrected chi connectivity index (χ1v) is 7.24. The molecule has 0 saturated carbocycles. The van der Waals surface area contributed by atoms with Crippen LogP contribution < -0.4 is 10.5 Å². The van der Waals surface area contributed by atoms with Gasteiger partial charge in [-0.3, -0.25) is 0 Å². The number of rotatable bonds is 3. The van der Waals surface area contributed by atoms with Crippen molar-refractivity contribution < 1.29 is 26.3 Å². The van der Waals surface area contributed by atoms with Gasteiger partial charge in [0.2, 0.25) is 10.0 Å². The zero-order chi connectivity index (χ0) is 15.0. The van der Waals surface area contributed by atoms with Gasteiger partial charge >= 0.3 is 6.36 Å². The van der Waals surface area contributed by atoms with Crippen molar-refractivity contribution in [1.82, 2.24) is 4.31 Å². The van der Waals surface area contributed by atoms with Crippen LogP contribution in [0.2, 0.25) is 0 Å². The molecule has 20 heavy (non-hydrogen) atoms. The molecule has 1 aliphatic heterocycles. The largest absolute Gasteiger partial charge is 0.573 e. The van der Waals surface area contributed by atoms with E-state index in [0.717, 1.165) is 16.4 Å². The number of halogens is 3. The molecule has 112 valence electrons. The molecule has 2 N–H and O–H groups in total. The van der Waals surface area contributed by atoms with Crippen LogP contribution in [0.4, 0.5) is 13.2 Å². The molecule has 0 spiro atoms. The lowest BCUT2D eigenvalue weighted by Gasteiger charge is -2.19. The molecular weight excluding hydrogens is 297 g/mol. The van der Waals surface area contributed by atoms with Crippen LogP contribution >= 0.6 is 0 Å². The van der Waals surface area contributed by atoms with Crippen LogP contribution in [0, 0.1) is 0 Å². The van der Waals surface area contributed by atoms with E-state index >= 15 is 0 Å². The Balaban J connectivity index is 2.37. The van der Waals surface area contributed by atoms with Crippen LogP contribution in [-0.4, -0.2) is 38.2 Å². The van der Waals surface area contributed by atoms with Crippen molar-refractivity contribution in [2.24, 2.45) is 5.73 Å². The Hall–Kier alpha value is -1.32. The fourth-order valence-corrected chi connectivity index (χ4v) is 3.61. The topological polar surface area (TPSA) is 72.6 Å². The Morgan fingerprint density at radius 2 is 1.95 bits per heavy atom. The van der Waals surface area contributed by atoms with Crippen molar-refractivity contribution in [1.29, 1.82) is 0 Å². The molecular formula is C11H13F3N2O3S. The normalized spacial score (nSPS) is 21.1. The predicted octanol–water partition coefficient (Wildman–Crippen LogP) is 1.31. The summed E-state index contributed by atoms with van der Waals surface area (Å²) in [7, 11) is -4.05. The first kappa shape index (κ1) is 15.1. The van der Waals surface area contributed by atoms with Crippen LogP contribution in [0.3, 0.4) is 0 Å². The van der Waals surface area contributed by atoms with E-state index in [1.807, 2.05) is 0 Å². The highest BCUT2D eigenvalue weighted by Crippen LogP contribution is 2.32. The van der Waals surface area contributed by atoms with Gasteiger partial charge in [-0.1, -0.05) is 12.1 Å². The lowest BCUT2D eigenvalue weighted by atomic mass is 10.3. The summed E-state index contributed by atoms with van der Waals surface area (Å²) in [4.78, 5) is -0.508. The Kier molecular flexibility index (Phi) is 3.94. The summed E-state index contributed by atoms with van der Waals surface area (Å²) in [6.45, 7) is 0.270. The van der Waals surface area contributed by atoms with Gasteiger partial charge < -0.3 is 10.5 Å². The summed E-state index contributed by atoms with van der Waals surface area (Å²) in [5.41, 5.74) is 5.62. The van der Waals surface area contributed by atoms with Crippen LogP contribution in [0.25, 0.3) is 0 Å². The molecule has 1 heterocycles. The summed E-state index contributed by atoms with van der Waals surface area (Å²) in [5.74, 6) is -0.736. The number of hydrogen-bond acceptors (Lipinski definition) is 4. The van der Waals surface area contributed by atoms with Crippen molar-refractivity contribution in [3.05, 3.63) is 24.3 Å². The third kappa shape index (κ3) is 3.22. The highest BCUT2D eigenvalue weighted by molar-refractivity contribution is 7.89. The average Bonchev–Trinajstić information content (AvgIpc) is 2.75. The molecule has 5 nitrogen and oxygen atoms in total. The minimum Gasteiger partial charge on any atom is -0.404 e. The standard InChI is InChI=1S/C11H13F3N2O3S/c12-11(13,14)19-9-3-1-2-4-10(9)20(17,18)16-6-5-8(15)7-16/h1-4,8H,5-7,15H2. The molecule has 9 heteroatoms. The van der Waals surface area contributed by atoms with Crippen molar-refractivity contribution in [2.75, 3.05) is 13.1 Å². The lowest BCUT2D eigenvalue weighted by molar-refractivity contribution is -0.275. The van der Waals surface area contributed by atoms with Crippen molar-refractivity contribution >= 4 is 10.0 Å². The molecule has 0 radical (unpaired) electrons. The van der Waals surface area contributed by atoms with Gasteiger partial charge in [-0.25, -0.2) is 8.42 Å². The number of alkyl halides is 3. The van der Waals surface area contributed by atoms with E-state index in [4.69, 9.17) is 5.73 Å². The number of nitrogens with two attached hydrogens (primary N) is 1. The second-order valence-electron chi connectivity index (χ2n) is 4.41. The smallest absolute Gasteiger partial charge is 0.404 e. The summed E-state index contributed by atoms with van der Waals surface area (Å²) in [5, 5.41) is 0. The number of benzene rings is 1. The Labute approximate surface area is 114 Å². The second kappa shape index (κ2) is 5.23. The Morgan fingerprint density at radius 1 is 1.30 bits per heavy atom. The van der Waals surface area contributed by atoms with Gasteiger partial charge in [0.1, 0.15) is 10.6 Å². The number of sulfonamides is 1. The van der Waals surface area contributed by atoms with E-state index in [9.17, 15) is 21.6 Å². The lowest BCUT2D eigenvalue weighted by Crippen LogP contribution is -2.32. The number of nitrogens with zero attached hydrogens (tertiary/aromatic N) is 1. The van der Waals surface area contributed by atoms with E-state index < -0.39 is 27.0 Å². The number of ether oxygens (including phenoxy) is 1. The maximum atomic E-state index is 12.3. The molecule has 0 aliphatic carbocycles. The van der Waals surface area contributed by atoms with Crippen LogP contribution in [0.1, 0.15) is 6.42 Å². The molecule has 1 aromatic carbocycles. The maximum absolute atomic E-state index is 12.3. The van der Waals surface area contributed by atoms with Gasteiger partial charge in [0.15, 0.2) is 0 Å². The molecule has 1 aromatic rings. The van der Waals surface area contributed by atoms with Gasteiger partial charge in [0.25, 0.3) is 0 Å². The zero-order valence-corrected chi connectivity index (χ0v) is 11.1. The minimum absolute atomic E-state index is 0.0860. The van der Waals surface area contributed by atoms with E-state index in [1.165, 1.54) is 12.1 Å². The highest BCUT2D eigenvalue weighted by Gasteiger charge is 2.37. The Morgan fingerprint density at radius 3 is 2.50 bits per heavy atom. The maximum Gasteiger partial charge on any atom is 0.573 e. The number of para-hydroxylation sites is 1. The quantitative estimate of drug-likeness (QED) is 0.913. The summed E-state index contributed by atoms with van der Waals surface area (Å²) in [6, 6.07) is 4.36. The van der Waals surface area contributed by atoms with Gasteiger partial charge in [-0.05, 0) is 18.6 Å². The molecule has 1 atom stereocenters. The fraction of sp³-hybridized carbons (Fsp3) is 0.455. The molecule has 1 fully saturated rings. The average molecular weight is 310 g/mol. The van der Waals surface area contributed by atoms with E-state index in [1.54, 1.807) is 0 Å². The molecule has 0 amide bonds. The molecule has 2 rings (SSSR count). The third-order valence-electron chi connectivity index (χ3n) is 2.88. The summed E-state index contributed by atoms with van der Waals surface area (Å²) >= 11 is 0. The number of hydrogen-bond donors (Lipinski definition) is 1. The van der Waals surface area contributed by atoms with E-state index in [0.29, 0.717) is 6.42 Å². The van der Waals surface area contributed by atoms with Crippen molar-refractivity contribution in [3.8, 4) is 5.75 Å². The van der Waals surface area contributed by atoms with Gasteiger partial charge in [-0.2, -0.15) is 4.31 Å². The van der Waals surface area contributed by atoms with Gasteiger partial charge in [-0.15, -0.1) is 13.2 Å². The van der Waals surface area contributed by atoms with Crippen LogP contribution in [-0.2, 0) is 10.0 Å². The predicted molar refractivity (Wildman–Crippen MR) is 64.5 cm³/mol. The van der Waals surface area contributed by atoms with Crippen LogP contribution in [0.15, 0.2) is 29.2 Å². The molecule has 0 aromatic heterocycles. The SMILES string of the molecule is NC1CCN(S(=O)(=O)c2ccccc2OC(F)(F)F)C1. The van der Waals surface area contributed by atoms with Crippen LogP contribution in [0.5, 0.6) is 5.75 Å². The first-order valence-electron chi connectivity index (χ1n) is 5.80. The third-order valence-corrected chi connectivity index (χ3v) is 4.78. The second-order valence-corrected chi connectivity index (χ2v) is 6.31. The van der Waals surface area contributed by atoms with Gasteiger partial charge in [0, 0.05) is 19.1 Å². The fourth-order valence-electron chi connectivity index (χ4n) is 1.98. The zero-order valence-electron chi connectivity index (χ0n) is 10.3. The first-order chi connectivity index (χ1) is 9.20. The van der Waals surface area contributed by atoms with E-state index in [2.05, 4.69) is 4.74 Å². The molecule has 1 unspecified atom stereocenters. The monoisotopic (exact) mass is 310 g/mol. The van der Waals surface area contributed by atoms with E-state index in [-0.39, 0.29) is 19.1 Å². The van der Waals surface area contributed by atoms with Crippen molar-refractivity contribution in [3.63, 3.8) is 0 Å². The van der Waals surface area contributed by atoms with Crippen molar-refractivity contribution in [2.45, 2.75) is 23.7 Å². The van der Waals surface area contributed by atoms with Gasteiger partial charge in [0.05, 0.1) is 0 Å². The minimum atomic E-state index is -4.95. The summed E-state index contributed by atoms with van der Waals surface area (Å²) in [6.07, 6.45) is -4.48. The Bertz CT molecular complexity index is 589. The molecule has 1 aliphatic rings. The molecule has 0 bridgehead atoms. The molecule has 1 saturated heterocycles. The summed E-state index contributed by atoms with van der Waals surface area (Å²) < 4.78 is 66.3.